The standard InChI is InChI=1S/C23H18ClF3N4O3/c1-14-4-2-6-20-29-19(12-31(14)20)22(33)30(11-16-5-3-9-34-16)13-21(32)28-15-7-8-18(24)17(10-15)23(25,26)27/h2-10,12H,11,13H2,1H3,(H,28,32). The number of hydrogen-bond acceptors (Lipinski definition) is 4. The Balaban J connectivity index is 1.57. The molecule has 0 unspecified atom stereocenters. The van der Waals surface area contributed by atoms with Gasteiger partial charge in [-0.1, -0.05) is 17.7 Å². The molecule has 34 heavy (non-hydrogen) atoms. The van der Waals surface area contributed by atoms with Gasteiger partial charge < -0.3 is 19.0 Å². The van der Waals surface area contributed by atoms with Crippen molar-refractivity contribution in [2.24, 2.45) is 0 Å². The third-order valence-corrected chi connectivity index (χ3v) is 5.35. The van der Waals surface area contributed by atoms with Crippen LogP contribution in [0.15, 0.2) is 65.4 Å². The van der Waals surface area contributed by atoms with Gasteiger partial charge in [0.1, 0.15) is 23.6 Å². The third-order valence-electron chi connectivity index (χ3n) is 5.02. The molecule has 0 aliphatic carbocycles. The lowest BCUT2D eigenvalue weighted by Crippen LogP contribution is -2.37. The molecule has 0 aliphatic heterocycles. The van der Waals surface area contributed by atoms with Gasteiger partial charge in [0.25, 0.3) is 5.91 Å². The zero-order chi connectivity index (χ0) is 24.5. The minimum absolute atomic E-state index is 0.0411. The molecule has 1 N–H and O–H groups in total. The van der Waals surface area contributed by atoms with Crippen molar-refractivity contribution in [1.29, 1.82) is 0 Å². The van der Waals surface area contributed by atoms with E-state index in [-0.39, 0.29) is 17.9 Å². The Morgan fingerprint density at radius 2 is 1.97 bits per heavy atom. The van der Waals surface area contributed by atoms with Gasteiger partial charge in [0.2, 0.25) is 5.91 Å². The van der Waals surface area contributed by atoms with Gasteiger partial charge in [0, 0.05) is 17.6 Å². The number of aryl methyl sites for hydroxylation is 1. The average molecular weight is 491 g/mol. The number of anilines is 1. The number of furan rings is 1. The highest BCUT2D eigenvalue weighted by Crippen LogP contribution is 2.36. The average Bonchev–Trinajstić information content (AvgIpc) is 3.44. The first-order chi connectivity index (χ1) is 16.1. The molecule has 0 aliphatic rings. The Hall–Kier alpha value is -3.79. The first kappa shape index (κ1) is 23.4. The molecule has 1 aromatic carbocycles. The maximum Gasteiger partial charge on any atom is 0.417 e. The maximum absolute atomic E-state index is 13.2. The lowest BCUT2D eigenvalue weighted by Gasteiger charge is -2.20. The van der Waals surface area contributed by atoms with Crippen molar-refractivity contribution < 1.29 is 27.2 Å². The van der Waals surface area contributed by atoms with Crippen LogP contribution in [0.5, 0.6) is 0 Å². The zero-order valence-electron chi connectivity index (χ0n) is 17.8. The van der Waals surface area contributed by atoms with E-state index in [1.807, 2.05) is 13.0 Å². The number of pyridine rings is 1. The molecule has 11 heteroatoms. The van der Waals surface area contributed by atoms with E-state index in [9.17, 15) is 22.8 Å². The lowest BCUT2D eigenvalue weighted by molar-refractivity contribution is -0.137. The first-order valence-corrected chi connectivity index (χ1v) is 10.4. The Labute approximate surface area is 196 Å². The zero-order valence-corrected chi connectivity index (χ0v) is 18.5. The second-order valence-electron chi connectivity index (χ2n) is 7.50. The molecule has 0 fully saturated rings. The van der Waals surface area contributed by atoms with Crippen LogP contribution in [0.4, 0.5) is 18.9 Å². The molecule has 4 rings (SSSR count). The Kier molecular flexibility index (Phi) is 6.34. The minimum Gasteiger partial charge on any atom is -0.467 e. The second-order valence-corrected chi connectivity index (χ2v) is 7.91. The number of hydrogen-bond donors (Lipinski definition) is 1. The maximum atomic E-state index is 13.2. The summed E-state index contributed by atoms with van der Waals surface area (Å²) >= 11 is 5.63. The van der Waals surface area contributed by atoms with Crippen molar-refractivity contribution in [3.63, 3.8) is 0 Å². The Morgan fingerprint density at radius 3 is 2.65 bits per heavy atom. The normalized spacial score (nSPS) is 11.6. The molecule has 176 valence electrons. The molecule has 7 nitrogen and oxygen atoms in total. The summed E-state index contributed by atoms with van der Waals surface area (Å²) in [4.78, 5) is 31.4. The molecule has 3 heterocycles. The second kappa shape index (κ2) is 9.22. The van der Waals surface area contributed by atoms with Gasteiger partial charge >= 0.3 is 6.18 Å². The van der Waals surface area contributed by atoms with Gasteiger partial charge in [-0.05, 0) is 49.4 Å². The summed E-state index contributed by atoms with van der Waals surface area (Å²) in [5.74, 6) is -0.816. The van der Waals surface area contributed by atoms with E-state index in [0.717, 1.165) is 17.8 Å². The van der Waals surface area contributed by atoms with Crippen LogP contribution < -0.4 is 5.32 Å². The SMILES string of the molecule is Cc1cccc2nc(C(=O)N(CC(=O)Nc3ccc(Cl)c(C(F)(F)F)c3)Cc3ccco3)cn12. The van der Waals surface area contributed by atoms with Crippen molar-refractivity contribution >= 4 is 34.7 Å². The number of fused-ring (bicyclic) bond motifs is 1. The van der Waals surface area contributed by atoms with E-state index in [2.05, 4.69) is 10.3 Å². The summed E-state index contributed by atoms with van der Waals surface area (Å²) in [6.45, 7) is 1.37. The number of alkyl halides is 3. The van der Waals surface area contributed by atoms with Gasteiger partial charge in [-0.25, -0.2) is 4.98 Å². The molecule has 0 bridgehead atoms. The van der Waals surface area contributed by atoms with Gasteiger partial charge in [0.15, 0.2) is 0 Å². The Bertz CT molecular complexity index is 1350. The molecular formula is C23H18ClF3N4O3. The summed E-state index contributed by atoms with van der Waals surface area (Å²) in [6, 6.07) is 11.7. The fraction of sp³-hybridized carbons (Fsp3) is 0.174. The molecular weight excluding hydrogens is 473 g/mol. The number of nitrogens with zero attached hydrogens (tertiary/aromatic N) is 3. The fourth-order valence-electron chi connectivity index (χ4n) is 3.40. The monoisotopic (exact) mass is 490 g/mol. The van der Waals surface area contributed by atoms with Crippen molar-refractivity contribution in [2.45, 2.75) is 19.6 Å². The molecule has 0 radical (unpaired) electrons. The minimum atomic E-state index is -4.68. The van der Waals surface area contributed by atoms with E-state index in [1.54, 1.807) is 34.9 Å². The number of benzene rings is 1. The number of rotatable bonds is 6. The summed E-state index contributed by atoms with van der Waals surface area (Å²) in [5, 5.41) is 1.90. The summed E-state index contributed by atoms with van der Waals surface area (Å²) < 4.78 is 46.4. The van der Waals surface area contributed by atoms with Crippen LogP contribution in [0.1, 0.15) is 27.5 Å². The summed E-state index contributed by atoms with van der Waals surface area (Å²) in [6.07, 6.45) is -1.69. The number of halogens is 4. The fourth-order valence-corrected chi connectivity index (χ4v) is 3.62. The highest BCUT2D eigenvalue weighted by molar-refractivity contribution is 6.31. The molecule has 2 amide bonds. The first-order valence-electron chi connectivity index (χ1n) is 10.0. The van der Waals surface area contributed by atoms with Gasteiger partial charge in [0.05, 0.1) is 23.4 Å². The van der Waals surface area contributed by atoms with Crippen LogP contribution in [0.3, 0.4) is 0 Å². The van der Waals surface area contributed by atoms with E-state index < -0.39 is 35.1 Å². The predicted octanol–water partition coefficient (Wildman–Crippen LogP) is 5.19. The van der Waals surface area contributed by atoms with E-state index in [1.165, 1.54) is 17.2 Å². The van der Waals surface area contributed by atoms with E-state index >= 15 is 0 Å². The molecule has 0 saturated heterocycles. The van der Waals surface area contributed by atoms with Gasteiger partial charge in [-0.3, -0.25) is 9.59 Å². The Morgan fingerprint density at radius 1 is 1.18 bits per heavy atom. The molecule has 0 saturated carbocycles. The van der Waals surface area contributed by atoms with Crippen molar-refractivity contribution in [3.05, 3.63) is 88.7 Å². The van der Waals surface area contributed by atoms with Gasteiger partial charge in [-0.15, -0.1) is 0 Å². The van der Waals surface area contributed by atoms with E-state index in [4.69, 9.17) is 16.0 Å². The number of imidazole rings is 1. The van der Waals surface area contributed by atoms with Crippen LogP contribution in [-0.2, 0) is 17.5 Å². The number of amides is 2. The number of nitrogens with one attached hydrogen (secondary N) is 1. The number of carbonyl (C=O) groups excluding carboxylic acids is 2. The molecule has 4 aromatic rings. The highest BCUT2D eigenvalue weighted by atomic mass is 35.5. The van der Waals surface area contributed by atoms with Crippen molar-refractivity contribution in [2.75, 3.05) is 11.9 Å². The van der Waals surface area contributed by atoms with Crippen LogP contribution in [0.25, 0.3) is 5.65 Å². The predicted molar refractivity (Wildman–Crippen MR) is 118 cm³/mol. The van der Waals surface area contributed by atoms with Crippen LogP contribution in [0.2, 0.25) is 5.02 Å². The summed E-state index contributed by atoms with van der Waals surface area (Å²) in [7, 11) is 0. The number of aromatic nitrogens is 2. The number of carbonyl (C=O) groups is 2. The smallest absolute Gasteiger partial charge is 0.417 e. The van der Waals surface area contributed by atoms with E-state index in [0.29, 0.717) is 11.4 Å². The van der Waals surface area contributed by atoms with Crippen molar-refractivity contribution in [1.82, 2.24) is 14.3 Å². The van der Waals surface area contributed by atoms with Crippen LogP contribution >= 0.6 is 11.6 Å². The van der Waals surface area contributed by atoms with Crippen molar-refractivity contribution in [3.8, 4) is 0 Å². The molecule has 3 aromatic heterocycles. The van der Waals surface area contributed by atoms with Crippen LogP contribution in [-0.4, -0.2) is 32.6 Å². The third kappa shape index (κ3) is 5.07. The summed E-state index contributed by atoms with van der Waals surface area (Å²) in [5.41, 5.74) is 0.361. The molecule has 0 atom stereocenters. The van der Waals surface area contributed by atoms with Crippen LogP contribution in [0, 0.1) is 6.92 Å². The quantitative estimate of drug-likeness (QED) is 0.403. The van der Waals surface area contributed by atoms with Gasteiger partial charge in [-0.2, -0.15) is 13.2 Å². The largest absolute Gasteiger partial charge is 0.467 e. The highest BCUT2D eigenvalue weighted by Gasteiger charge is 2.33. The lowest BCUT2D eigenvalue weighted by atomic mass is 10.2. The molecule has 0 spiro atoms. The topological polar surface area (TPSA) is 79.8 Å².